The molecule has 0 aromatic carbocycles. The normalized spacial score (nSPS) is 33.4. The van der Waals surface area contributed by atoms with Gasteiger partial charge in [0.2, 0.25) is 0 Å². The summed E-state index contributed by atoms with van der Waals surface area (Å²) < 4.78 is 7.34. The lowest BCUT2D eigenvalue weighted by Crippen LogP contribution is -2.46. The number of rotatable bonds is 3. The van der Waals surface area contributed by atoms with Crippen LogP contribution in [0.4, 0.5) is 5.82 Å². The number of ether oxygens (including phenoxy) is 1. The fraction of sp³-hybridized carbons (Fsp3) is 0.571. The third-order valence-corrected chi connectivity index (χ3v) is 4.29. The summed E-state index contributed by atoms with van der Waals surface area (Å²) in [6.45, 7) is 3.25. The van der Waals surface area contributed by atoms with E-state index in [2.05, 4.69) is 9.97 Å². The molecule has 2 aromatic heterocycles. The van der Waals surface area contributed by atoms with Crippen molar-refractivity contribution in [3.8, 4) is 0 Å². The Morgan fingerprint density at radius 1 is 1.50 bits per heavy atom. The van der Waals surface area contributed by atoms with E-state index in [4.69, 9.17) is 10.5 Å². The number of aliphatic hydroxyl groups excluding tert-OH is 2. The third-order valence-electron chi connectivity index (χ3n) is 4.29. The predicted octanol–water partition coefficient (Wildman–Crippen LogP) is -0.206. The van der Waals surface area contributed by atoms with Crippen LogP contribution in [0.15, 0.2) is 18.6 Å². The van der Waals surface area contributed by atoms with E-state index >= 15 is 0 Å². The molecule has 1 fully saturated rings. The van der Waals surface area contributed by atoms with Crippen molar-refractivity contribution in [2.45, 2.75) is 50.4 Å². The molecule has 22 heavy (non-hydrogen) atoms. The lowest BCUT2D eigenvalue weighted by atomic mass is 9.93. The van der Waals surface area contributed by atoms with Gasteiger partial charge in [0.15, 0.2) is 6.23 Å². The fourth-order valence-electron chi connectivity index (χ4n) is 2.90. The molecule has 0 bridgehead atoms. The highest BCUT2D eigenvalue weighted by Gasteiger charge is 2.55. The Morgan fingerprint density at radius 3 is 2.91 bits per heavy atom. The Morgan fingerprint density at radius 2 is 2.23 bits per heavy atom. The van der Waals surface area contributed by atoms with Gasteiger partial charge in [-0.05, 0) is 19.4 Å². The predicted molar refractivity (Wildman–Crippen MR) is 78.8 cm³/mol. The molecular formula is C14H20N4O4. The van der Waals surface area contributed by atoms with E-state index < -0.39 is 30.1 Å². The molecule has 1 saturated heterocycles. The van der Waals surface area contributed by atoms with Crippen LogP contribution in [0.2, 0.25) is 0 Å². The molecule has 0 saturated carbocycles. The second-order valence-electron chi connectivity index (χ2n) is 5.82. The second kappa shape index (κ2) is 5.17. The standard InChI is InChI=1S/C14H20N4O4/c1-3-8(19)9-10(20)14(2,21)13(22-9)18-5-4-7-11(15)16-6-17-12(7)18/h4-6,8-10,13,19-21H,3H2,1-2H3,(H2,15,16,17). The van der Waals surface area contributed by atoms with Crippen molar-refractivity contribution in [1.82, 2.24) is 14.5 Å². The molecule has 0 amide bonds. The molecule has 5 atom stereocenters. The van der Waals surface area contributed by atoms with Gasteiger partial charge in [0.05, 0.1) is 11.5 Å². The molecule has 8 heteroatoms. The van der Waals surface area contributed by atoms with E-state index in [0.717, 1.165) is 0 Å². The van der Waals surface area contributed by atoms with Gasteiger partial charge in [-0.1, -0.05) is 6.92 Å². The van der Waals surface area contributed by atoms with E-state index in [1.165, 1.54) is 13.3 Å². The summed E-state index contributed by atoms with van der Waals surface area (Å²) in [6, 6.07) is 1.72. The summed E-state index contributed by atoms with van der Waals surface area (Å²) >= 11 is 0. The highest BCUT2D eigenvalue weighted by Crippen LogP contribution is 2.41. The van der Waals surface area contributed by atoms with Gasteiger partial charge in [0, 0.05) is 6.20 Å². The number of hydrogen-bond donors (Lipinski definition) is 4. The van der Waals surface area contributed by atoms with Gasteiger partial charge in [0.25, 0.3) is 0 Å². The van der Waals surface area contributed by atoms with Crippen molar-refractivity contribution in [2.24, 2.45) is 0 Å². The number of nitrogen functional groups attached to an aromatic ring is 1. The van der Waals surface area contributed by atoms with Gasteiger partial charge in [-0.3, -0.25) is 0 Å². The smallest absolute Gasteiger partial charge is 0.167 e. The van der Waals surface area contributed by atoms with Gasteiger partial charge >= 0.3 is 0 Å². The number of anilines is 1. The average molecular weight is 308 g/mol. The molecular weight excluding hydrogens is 288 g/mol. The lowest BCUT2D eigenvalue weighted by molar-refractivity contribution is -0.100. The monoisotopic (exact) mass is 308 g/mol. The first-order valence-electron chi connectivity index (χ1n) is 7.19. The van der Waals surface area contributed by atoms with Crippen LogP contribution in [0.25, 0.3) is 11.0 Å². The molecule has 0 spiro atoms. The second-order valence-corrected chi connectivity index (χ2v) is 5.82. The van der Waals surface area contributed by atoms with Crippen LogP contribution in [0.5, 0.6) is 0 Å². The van der Waals surface area contributed by atoms with Crippen molar-refractivity contribution in [3.05, 3.63) is 18.6 Å². The van der Waals surface area contributed by atoms with E-state index in [-0.39, 0.29) is 0 Å². The van der Waals surface area contributed by atoms with Crippen LogP contribution in [0, 0.1) is 0 Å². The number of hydrogen-bond acceptors (Lipinski definition) is 7. The quantitative estimate of drug-likeness (QED) is 0.618. The number of fused-ring (bicyclic) bond motifs is 1. The van der Waals surface area contributed by atoms with Crippen molar-refractivity contribution in [3.63, 3.8) is 0 Å². The minimum absolute atomic E-state index is 0.326. The molecule has 3 heterocycles. The zero-order valence-electron chi connectivity index (χ0n) is 12.4. The Hall–Kier alpha value is -1.74. The first kappa shape index (κ1) is 15.2. The SMILES string of the molecule is CCC(O)C1OC(n2ccc3c(N)ncnc32)C(C)(O)C1O. The summed E-state index contributed by atoms with van der Waals surface area (Å²) in [4.78, 5) is 8.08. The summed E-state index contributed by atoms with van der Waals surface area (Å²) in [5.74, 6) is 0.326. The van der Waals surface area contributed by atoms with E-state index in [0.29, 0.717) is 23.3 Å². The molecule has 0 radical (unpaired) electrons. The maximum atomic E-state index is 10.7. The molecule has 3 rings (SSSR count). The van der Waals surface area contributed by atoms with Crippen LogP contribution in [0.3, 0.4) is 0 Å². The van der Waals surface area contributed by atoms with Crippen molar-refractivity contribution in [2.75, 3.05) is 5.73 Å². The molecule has 120 valence electrons. The van der Waals surface area contributed by atoms with Crippen LogP contribution < -0.4 is 5.73 Å². The maximum Gasteiger partial charge on any atom is 0.167 e. The molecule has 0 aliphatic carbocycles. The highest BCUT2D eigenvalue weighted by molar-refractivity contribution is 5.86. The maximum absolute atomic E-state index is 10.7. The summed E-state index contributed by atoms with van der Waals surface area (Å²) in [5, 5.41) is 31.6. The zero-order chi connectivity index (χ0) is 16.1. The first-order valence-corrected chi connectivity index (χ1v) is 7.19. The fourth-order valence-corrected chi connectivity index (χ4v) is 2.90. The topological polar surface area (TPSA) is 127 Å². The third kappa shape index (κ3) is 2.07. The highest BCUT2D eigenvalue weighted by atomic mass is 16.6. The molecule has 8 nitrogen and oxygen atoms in total. The largest absolute Gasteiger partial charge is 0.390 e. The van der Waals surface area contributed by atoms with Crippen molar-refractivity contribution < 1.29 is 20.1 Å². The van der Waals surface area contributed by atoms with Gasteiger partial charge in [-0.2, -0.15) is 0 Å². The van der Waals surface area contributed by atoms with E-state index in [1.807, 2.05) is 0 Å². The number of nitrogens with zero attached hydrogens (tertiary/aromatic N) is 3. The number of aliphatic hydroxyl groups is 3. The zero-order valence-corrected chi connectivity index (χ0v) is 12.4. The Labute approximate surface area is 127 Å². The van der Waals surface area contributed by atoms with E-state index in [1.54, 1.807) is 23.8 Å². The lowest BCUT2D eigenvalue weighted by Gasteiger charge is -2.27. The number of nitrogens with two attached hydrogens (primary N) is 1. The van der Waals surface area contributed by atoms with Crippen molar-refractivity contribution in [1.29, 1.82) is 0 Å². The van der Waals surface area contributed by atoms with Gasteiger partial charge in [-0.15, -0.1) is 0 Å². The number of aromatic nitrogens is 3. The van der Waals surface area contributed by atoms with Gasteiger partial charge in [0.1, 0.15) is 35.6 Å². The first-order chi connectivity index (χ1) is 10.4. The van der Waals surface area contributed by atoms with Crippen LogP contribution in [0.1, 0.15) is 26.5 Å². The summed E-state index contributed by atoms with van der Waals surface area (Å²) in [6.07, 6.45) is -0.444. The Kier molecular flexibility index (Phi) is 3.56. The summed E-state index contributed by atoms with van der Waals surface area (Å²) in [5.41, 5.74) is 4.72. The minimum Gasteiger partial charge on any atom is -0.390 e. The molecule has 1 aliphatic rings. The summed E-state index contributed by atoms with van der Waals surface area (Å²) in [7, 11) is 0. The van der Waals surface area contributed by atoms with Gasteiger partial charge in [-0.25, -0.2) is 9.97 Å². The van der Waals surface area contributed by atoms with Crippen LogP contribution >= 0.6 is 0 Å². The minimum atomic E-state index is -1.58. The van der Waals surface area contributed by atoms with E-state index in [9.17, 15) is 15.3 Å². The molecule has 5 unspecified atom stereocenters. The van der Waals surface area contributed by atoms with Crippen LogP contribution in [-0.4, -0.2) is 53.8 Å². The Balaban J connectivity index is 2.05. The molecule has 1 aliphatic heterocycles. The Bertz CT molecular complexity index is 687. The molecule has 2 aromatic rings. The molecule has 5 N–H and O–H groups in total. The van der Waals surface area contributed by atoms with Crippen molar-refractivity contribution >= 4 is 16.9 Å². The van der Waals surface area contributed by atoms with Gasteiger partial charge < -0.3 is 30.4 Å². The van der Waals surface area contributed by atoms with Crippen LogP contribution in [-0.2, 0) is 4.74 Å². The average Bonchev–Trinajstić information content (AvgIpc) is 3.00.